The van der Waals surface area contributed by atoms with Crippen LogP contribution in [0.4, 0.5) is 13.2 Å². The van der Waals surface area contributed by atoms with Gasteiger partial charge in [-0.1, -0.05) is 6.07 Å². The van der Waals surface area contributed by atoms with Gasteiger partial charge in [0.2, 0.25) is 0 Å². The van der Waals surface area contributed by atoms with Gasteiger partial charge in [-0.2, -0.15) is 13.2 Å². The molecule has 0 spiro atoms. The molecule has 5 nitrogen and oxygen atoms in total. The Morgan fingerprint density at radius 1 is 1.00 bits per heavy atom. The number of carbonyl (C=O) groups is 1. The summed E-state index contributed by atoms with van der Waals surface area (Å²) in [5.41, 5.74) is -0.323. The zero-order valence-electron chi connectivity index (χ0n) is 16.8. The van der Waals surface area contributed by atoms with Gasteiger partial charge in [0, 0.05) is 13.1 Å². The van der Waals surface area contributed by atoms with Gasteiger partial charge in [0.05, 0.1) is 25.3 Å². The molecule has 0 fully saturated rings. The van der Waals surface area contributed by atoms with E-state index in [0.717, 1.165) is 12.1 Å². The van der Waals surface area contributed by atoms with E-state index in [0.29, 0.717) is 30.2 Å². The Kier molecular flexibility index (Phi) is 7.36. The molecular weight excluding hydrogens is 387 g/mol. The van der Waals surface area contributed by atoms with Crippen LogP contribution >= 0.6 is 0 Å². The molecule has 2 aromatic rings. The van der Waals surface area contributed by atoms with Gasteiger partial charge in [-0.3, -0.25) is 4.79 Å². The third kappa shape index (κ3) is 5.34. The lowest BCUT2D eigenvalue weighted by molar-refractivity contribution is -0.137. The third-order valence-corrected chi connectivity index (χ3v) is 4.43. The SMILES string of the molecule is CCN(CC)C(=O)COc1cc(-c2c(OC)cccc2OC)cc(C(F)(F)F)c1. The second-order valence-electron chi connectivity index (χ2n) is 6.14. The lowest BCUT2D eigenvalue weighted by Gasteiger charge is -2.20. The number of ether oxygens (including phenoxy) is 3. The minimum absolute atomic E-state index is 0.0664. The van der Waals surface area contributed by atoms with E-state index >= 15 is 0 Å². The number of hydrogen-bond donors (Lipinski definition) is 0. The van der Waals surface area contributed by atoms with Crippen molar-refractivity contribution in [3.05, 3.63) is 42.0 Å². The van der Waals surface area contributed by atoms with Crippen LogP contribution in [0, 0.1) is 0 Å². The molecule has 0 atom stereocenters. The van der Waals surface area contributed by atoms with Crippen LogP contribution in [-0.4, -0.2) is 44.7 Å². The lowest BCUT2D eigenvalue weighted by Crippen LogP contribution is -2.34. The maximum atomic E-state index is 13.5. The van der Waals surface area contributed by atoms with Gasteiger partial charge in [-0.25, -0.2) is 0 Å². The molecule has 158 valence electrons. The standard InChI is InChI=1S/C21H24F3NO4/c1-5-25(6-2)19(26)13-29-16-11-14(10-15(12-16)21(22,23)24)20-17(27-3)8-7-9-18(20)28-4/h7-12H,5-6,13H2,1-4H3. The van der Waals surface area contributed by atoms with E-state index in [2.05, 4.69) is 0 Å². The summed E-state index contributed by atoms with van der Waals surface area (Å²) in [7, 11) is 2.85. The summed E-state index contributed by atoms with van der Waals surface area (Å²) in [6.07, 6.45) is -4.59. The van der Waals surface area contributed by atoms with Gasteiger partial charge >= 0.3 is 6.18 Å². The van der Waals surface area contributed by atoms with Crippen LogP contribution in [0.25, 0.3) is 11.1 Å². The highest BCUT2D eigenvalue weighted by molar-refractivity contribution is 5.79. The van der Waals surface area contributed by atoms with Crippen molar-refractivity contribution in [1.82, 2.24) is 4.90 Å². The van der Waals surface area contributed by atoms with Gasteiger partial charge in [0.1, 0.15) is 17.2 Å². The van der Waals surface area contributed by atoms with Crippen LogP contribution in [0.15, 0.2) is 36.4 Å². The Balaban J connectivity index is 2.50. The monoisotopic (exact) mass is 411 g/mol. The maximum Gasteiger partial charge on any atom is 0.416 e. The molecule has 2 aromatic carbocycles. The zero-order valence-corrected chi connectivity index (χ0v) is 16.8. The highest BCUT2D eigenvalue weighted by atomic mass is 19.4. The molecule has 0 heterocycles. The van der Waals surface area contributed by atoms with E-state index in [4.69, 9.17) is 14.2 Å². The van der Waals surface area contributed by atoms with E-state index in [1.54, 1.807) is 18.2 Å². The minimum atomic E-state index is -4.59. The molecule has 0 aliphatic rings. The van der Waals surface area contributed by atoms with Gasteiger partial charge in [-0.05, 0) is 49.7 Å². The van der Waals surface area contributed by atoms with Gasteiger partial charge in [-0.15, -0.1) is 0 Å². The second kappa shape index (κ2) is 9.54. The van der Waals surface area contributed by atoms with E-state index in [1.807, 2.05) is 13.8 Å². The first-order valence-corrected chi connectivity index (χ1v) is 9.09. The van der Waals surface area contributed by atoms with Crippen molar-refractivity contribution < 1.29 is 32.2 Å². The molecule has 0 aromatic heterocycles. The number of benzene rings is 2. The van der Waals surface area contributed by atoms with Crippen LogP contribution in [0.1, 0.15) is 19.4 Å². The smallest absolute Gasteiger partial charge is 0.416 e. The largest absolute Gasteiger partial charge is 0.496 e. The van der Waals surface area contributed by atoms with E-state index in [-0.39, 0.29) is 23.8 Å². The van der Waals surface area contributed by atoms with E-state index in [9.17, 15) is 18.0 Å². The van der Waals surface area contributed by atoms with Crippen LogP contribution in [0.3, 0.4) is 0 Å². The van der Waals surface area contributed by atoms with Gasteiger partial charge in [0.25, 0.3) is 5.91 Å². The predicted molar refractivity (Wildman–Crippen MR) is 103 cm³/mol. The molecule has 0 unspecified atom stereocenters. The van der Waals surface area contributed by atoms with Crippen molar-refractivity contribution in [3.8, 4) is 28.4 Å². The Morgan fingerprint density at radius 2 is 1.59 bits per heavy atom. The number of methoxy groups -OCH3 is 2. The predicted octanol–water partition coefficient (Wildman–Crippen LogP) is 4.64. The molecule has 0 bridgehead atoms. The normalized spacial score (nSPS) is 11.1. The minimum Gasteiger partial charge on any atom is -0.496 e. The molecule has 29 heavy (non-hydrogen) atoms. The van der Waals surface area contributed by atoms with Gasteiger partial charge in [0.15, 0.2) is 6.61 Å². The molecular formula is C21H24F3NO4. The fourth-order valence-electron chi connectivity index (χ4n) is 2.94. The van der Waals surface area contributed by atoms with Crippen LogP contribution in [0.2, 0.25) is 0 Å². The summed E-state index contributed by atoms with van der Waals surface area (Å²) < 4.78 is 56.4. The fraction of sp³-hybridized carbons (Fsp3) is 0.381. The Bertz CT molecular complexity index is 826. The van der Waals surface area contributed by atoms with Crippen molar-refractivity contribution in [2.45, 2.75) is 20.0 Å². The molecule has 0 radical (unpaired) electrons. The molecule has 0 saturated heterocycles. The van der Waals surface area contributed by atoms with Crippen LogP contribution in [0.5, 0.6) is 17.2 Å². The number of alkyl halides is 3. The summed E-state index contributed by atoms with van der Waals surface area (Å²) >= 11 is 0. The molecule has 8 heteroatoms. The second-order valence-corrected chi connectivity index (χ2v) is 6.14. The number of amides is 1. The van der Waals surface area contributed by atoms with Crippen molar-refractivity contribution in [2.75, 3.05) is 33.9 Å². The Morgan fingerprint density at radius 3 is 2.07 bits per heavy atom. The number of carbonyl (C=O) groups excluding carboxylic acids is 1. The Hall–Kier alpha value is -2.90. The van der Waals surface area contributed by atoms with Crippen molar-refractivity contribution in [3.63, 3.8) is 0 Å². The summed E-state index contributed by atoms with van der Waals surface area (Å²) in [5, 5.41) is 0. The lowest BCUT2D eigenvalue weighted by atomic mass is 10.00. The topological polar surface area (TPSA) is 48.0 Å². The first-order chi connectivity index (χ1) is 13.7. The highest BCUT2D eigenvalue weighted by Crippen LogP contribution is 2.42. The van der Waals surface area contributed by atoms with Crippen molar-refractivity contribution in [1.29, 1.82) is 0 Å². The van der Waals surface area contributed by atoms with E-state index in [1.165, 1.54) is 25.2 Å². The fourth-order valence-corrected chi connectivity index (χ4v) is 2.94. The van der Waals surface area contributed by atoms with Crippen molar-refractivity contribution >= 4 is 5.91 Å². The summed E-state index contributed by atoms with van der Waals surface area (Å²) in [4.78, 5) is 13.7. The summed E-state index contributed by atoms with van der Waals surface area (Å²) in [6, 6.07) is 8.24. The first kappa shape index (κ1) is 22.4. The molecule has 0 N–H and O–H groups in total. The van der Waals surface area contributed by atoms with Crippen molar-refractivity contribution in [2.24, 2.45) is 0 Å². The molecule has 2 rings (SSSR count). The molecule has 0 saturated carbocycles. The van der Waals surface area contributed by atoms with E-state index < -0.39 is 11.7 Å². The molecule has 0 aliphatic heterocycles. The Labute approximate surface area is 168 Å². The molecule has 0 aliphatic carbocycles. The summed E-state index contributed by atoms with van der Waals surface area (Å²) in [6.45, 7) is 4.26. The summed E-state index contributed by atoms with van der Waals surface area (Å²) in [5.74, 6) is 0.342. The number of hydrogen-bond acceptors (Lipinski definition) is 4. The average Bonchev–Trinajstić information content (AvgIpc) is 2.71. The maximum absolute atomic E-state index is 13.5. The number of halogens is 3. The van der Waals surface area contributed by atoms with Crippen LogP contribution in [-0.2, 0) is 11.0 Å². The zero-order chi connectivity index (χ0) is 21.6. The number of nitrogens with zero attached hydrogens (tertiary/aromatic N) is 1. The quantitative estimate of drug-likeness (QED) is 0.635. The third-order valence-electron chi connectivity index (χ3n) is 4.43. The molecule has 1 amide bonds. The first-order valence-electron chi connectivity index (χ1n) is 9.09. The number of likely N-dealkylation sites (N-methyl/N-ethyl adjacent to an activating group) is 1. The highest BCUT2D eigenvalue weighted by Gasteiger charge is 2.32. The van der Waals surface area contributed by atoms with Gasteiger partial charge < -0.3 is 19.1 Å². The van der Waals surface area contributed by atoms with Crippen LogP contribution < -0.4 is 14.2 Å². The number of rotatable bonds is 8. The average molecular weight is 411 g/mol.